The molecule has 110 valence electrons. The van der Waals surface area contributed by atoms with E-state index in [1.807, 2.05) is 18.7 Å². The lowest BCUT2D eigenvalue weighted by molar-refractivity contribution is -0.137. The minimum Gasteiger partial charge on any atom is -0.378 e. The topological polar surface area (TPSA) is 41.6 Å². The summed E-state index contributed by atoms with van der Waals surface area (Å²) in [6.45, 7) is 6.33. The number of benzene rings is 1. The number of hydrogen-bond donors (Lipinski definition) is 1. The van der Waals surface area contributed by atoms with Crippen molar-refractivity contribution in [3.05, 3.63) is 35.6 Å². The molecule has 1 amide bonds. The molecule has 1 aromatic rings. The van der Waals surface area contributed by atoms with Crippen LogP contribution in [0.2, 0.25) is 0 Å². The van der Waals surface area contributed by atoms with Gasteiger partial charge in [0.25, 0.3) is 0 Å². The second-order valence-corrected chi connectivity index (χ2v) is 5.10. The van der Waals surface area contributed by atoms with Gasteiger partial charge in [-0.15, -0.1) is 0 Å². The SMILES string of the molecule is CC(N[C@@H](C)c1ccc(F)cc1)C(=O)N1CCOCC1. The molecule has 1 fully saturated rings. The fourth-order valence-electron chi connectivity index (χ4n) is 2.35. The fourth-order valence-corrected chi connectivity index (χ4v) is 2.35. The van der Waals surface area contributed by atoms with Crippen LogP contribution in [-0.4, -0.2) is 43.2 Å². The van der Waals surface area contributed by atoms with E-state index in [9.17, 15) is 9.18 Å². The highest BCUT2D eigenvalue weighted by molar-refractivity contribution is 5.81. The molecule has 0 saturated carbocycles. The van der Waals surface area contributed by atoms with Gasteiger partial charge in [0.2, 0.25) is 5.91 Å². The average molecular weight is 280 g/mol. The Balaban J connectivity index is 1.91. The van der Waals surface area contributed by atoms with Gasteiger partial charge < -0.3 is 9.64 Å². The van der Waals surface area contributed by atoms with Crippen molar-refractivity contribution in [2.24, 2.45) is 0 Å². The Kier molecular flexibility index (Phi) is 5.09. The lowest BCUT2D eigenvalue weighted by atomic mass is 10.1. The minimum atomic E-state index is -0.270. The third-order valence-electron chi connectivity index (χ3n) is 3.56. The maximum absolute atomic E-state index is 12.9. The summed E-state index contributed by atoms with van der Waals surface area (Å²) in [5.41, 5.74) is 0.966. The number of halogens is 1. The molecule has 4 nitrogen and oxygen atoms in total. The summed E-state index contributed by atoms with van der Waals surface area (Å²) < 4.78 is 18.1. The zero-order chi connectivity index (χ0) is 14.5. The maximum Gasteiger partial charge on any atom is 0.239 e. The molecular weight excluding hydrogens is 259 g/mol. The van der Waals surface area contributed by atoms with Gasteiger partial charge >= 0.3 is 0 Å². The number of nitrogens with zero attached hydrogens (tertiary/aromatic N) is 1. The van der Waals surface area contributed by atoms with E-state index in [2.05, 4.69) is 5.32 Å². The molecule has 1 aromatic carbocycles. The third kappa shape index (κ3) is 3.77. The molecule has 1 saturated heterocycles. The second kappa shape index (κ2) is 6.81. The van der Waals surface area contributed by atoms with Gasteiger partial charge in [-0.25, -0.2) is 4.39 Å². The van der Waals surface area contributed by atoms with Crippen LogP contribution in [0.3, 0.4) is 0 Å². The summed E-state index contributed by atoms with van der Waals surface area (Å²) in [7, 11) is 0. The molecular formula is C15H21FN2O2. The number of amides is 1. The molecule has 1 unspecified atom stereocenters. The largest absolute Gasteiger partial charge is 0.378 e. The Hall–Kier alpha value is -1.46. The normalized spacial score (nSPS) is 18.6. The molecule has 1 heterocycles. The van der Waals surface area contributed by atoms with Gasteiger partial charge in [0, 0.05) is 19.1 Å². The van der Waals surface area contributed by atoms with Crippen molar-refractivity contribution in [2.45, 2.75) is 25.9 Å². The minimum absolute atomic E-state index is 0.00408. The average Bonchev–Trinajstić information content (AvgIpc) is 2.48. The van der Waals surface area contributed by atoms with Crippen LogP contribution in [0.15, 0.2) is 24.3 Å². The van der Waals surface area contributed by atoms with Gasteiger partial charge in [-0.3, -0.25) is 10.1 Å². The number of morpholine rings is 1. The zero-order valence-electron chi connectivity index (χ0n) is 11.9. The molecule has 0 bridgehead atoms. The highest BCUT2D eigenvalue weighted by Gasteiger charge is 2.23. The molecule has 20 heavy (non-hydrogen) atoms. The molecule has 2 rings (SSSR count). The van der Waals surface area contributed by atoms with Crippen LogP contribution in [0, 0.1) is 5.82 Å². The first-order chi connectivity index (χ1) is 9.58. The summed E-state index contributed by atoms with van der Waals surface area (Å²) in [5.74, 6) is -0.166. The van der Waals surface area contributed by atoms with Gasteiger partial charge in [0.05, 0.1) is 19.3 Å². The Morgan fingerprint density at radius 1 is 1.25 bits per heavy atom. The van der Waals surface area contributed by atoms with Gasteiger partial charge in [0.1, 0.15) is 5.82 Å². The summed E-state index contributed by atoms with van der Waals surface area (Å²) in [4.78, 5) is 14.1. The van der Waals surface area contributed by atoms with E-state index in [4.69, 9.17) is 4.74 Å². The van der Waals surface area contributed by atoms with Crippen LogP contribution in [0.5, 0.6) is 0 Å². The summed E-state index contributed by atoms with van der Waals surface area (Å²) >= 11 is 0. The lowest BCUT2D eigenvalue weighted by Crippen LogP contribution is -2.49. The lowest BCUT2D eigenvalue weighted by Gasteiger charge is -2.30. The molecule has 1 aliphatic rings. The van der Waals surface area contributed by atoms with Crippen molar-refractivity contribution in [1.82, 2.24) is 10.2 Å². The van der Waals surface area contributed by atoms with E-state index in [-0.39, 0.29) is 23.8 Å². The van der Waals surface area contributed by atoms with E-state index in [1.54, 1.807) is 12.1 Å². The molecule has 0 radical (unpaired) electrons. The summed E-state index contributed by atoms with van der Waals surface area (Å²) in [6.07, 6.45) is 0. The van der Waals surface area contributed by atoms with Gasteiger partial charge in [-0.2, -0.15) is 0 Å². The van der Waals surface area contributed by atoms with Crippen LogP contribution < -0.4 is 5.32 Å². The molecule has 2 atom stereocenters. The molecule has 5 heteroatoms. The number of carbonyl (C=O) groups excluding carboxylic acids is 1. The van der Waals surface area contributed by atoms with Crippen LogP contribution in [0.25, 0.3) is 0 Å². The zero-order valence-corrected chi connectivity index (χ0v) is 11.9. The number of nitrogens with one attached hydrogen (secondary N) is 1. The maximum atomic E-state index is 12.9. The van der Waals surface area contributed by atoms with E-state index < -0.39 is 0 Å². The van der Waals surface area contributed by atoms with E-state index in [1.165, 1.54) is 12.1 Å². The van der Waals surface area contributed by atoms with Gasteiger partial charge in [-0.05, 0) is 31.5 Å². The number of hydrogen-bond acceptors (Lipinski definition) is 3. The number of rotatable bonds is 4. The predicted molar refractivity (Wildman–Crippen MR) is 74.8 cm³/mol. The van der Waals surface area contributed by atoms with Crippen molar-refractivity contribution < 1.29 is 13.9 Å². The van der Waals surface area contributed by atoms with E-state index in [0.29, 0.717) is 26.3 Å². The van der Waals surface area contributed by atoms with Gasteiger partial charge in [-0.1, -0.05) is 12.1 Å². The van der Waals surface area contributed by atoms with Gasteiger partial charge in [0.15, 0.2) is 0 Å². The molecule has 1 aliphatic heterocycles. The van der Waals surface area contributed by atoms with Crippen LogP contribution in [0.1, 0.15) is 25.5 Å². The Morgan fingerprint density at radius 2 is 1.85 bits per heavy atom. The first kappa shape index (κ1) is 14.9. The summed E-state index contributed by atoms with van der Waals surface area (Å²) in [5, 5.41) is 3.26. The van der Waals surface area contributed by atoms with Crippen molar-refractivity contribution in [3.63, 3.8) is 0 Å². The van der Waals surface area contributed by atoms with Crippen molar-refractivity contribution in [3.8, 4) is 0 Å². The van der Waals surface area contributed by atoms with Crippen LogP contribution in [-0.2, 0) is 9.53 Å². The second-order valence-electron chi connectivity index (χ2n) is 5.10. The van der Waals surface area contributed by atoms with Crippen molar-refractivity contribution in [1.29, 1.82) is 0 Å². The Bertz CT molecular complexity index is 444. The first-order valence-electron chi connectivity index (χ1n) is 6.96. The van der Waals surface area contributed by atoms with Crippen LogP contribution >= 0.6 is 0 Å². The first-order valence-corrected chi connectivity index (χ1v) is 6.96. The smallest absolute Gasteiger partial charge is 0.239 e. The highest BCUT2D eigenvalue weighted by atomic mass is 19.1. The standard InChI is InChI=1S/C15H21FN2O2/c1-11(13-3-5-14(16)6-4-13)17-12(2)15(19)18-7-9-20-10-8-18/h3-6,11-12,17H,7-10H2,1-2H3/t11-,12?/m0/s1. The van der Waals surface area contributed by atoms with Crippen molar-refractivity contribution >= 4 is 5.91 Å². The Labute approximate surface area is 118 Å². The molecule has 0 spiro atoms. The summed E-state index contributed by atoms with van der Waals surface area (Å²) in [6, 6.07) is 6.06. The third-order valence-corrected chi connectivity index (χ3v) is 3.56. The molecule has 0 aliphatic carbocycles. The number of carbonyl (C=O) groups is 1. The number of ether oxygens (including phenoxy) is 1. The quantitative estimate of drug-likeness (QED) is 0.913. The van der Waals surface area contributed by atoms with E-state index in [0.717, 1.165) is 5.56 Å². The van der Waals surface area contributed by atoms with Crippen LogP contribution in [0.4, 0.5) is 4.39 Å². The van der Waals surface area contributed by atoms with Crippen molar-refractivity contribution in [2.75, 3.05) is 26.3 Å². The van der Waals surface area contributed by atoms with E-state index >= 15 is 0 Å². The molecule has 1 N–H and O–H groups in total. The highest BCUT2D eigenvalue weighted by Crippen LogP contribution is 2.14. The monoisotopic (exact) mass is 280 g/mol. The fraction of sp³-hybridized carbons (Fsp3) is 0.533. The predicted octanol–water partition coefficient (Wildman–Crippen LogP) is 1.72. The Morgan fingerprint density at radius 3 is 2.45 bits per heavy atom. The molecule has 0 aromatic heterocycles.